The van der Waals surface area contributed by atoms with Crippen molar-refractivity contribution in [2.45, 2.75) is 6.54 Å². The van der Waals surface area contributed by atoms with Crippen LogP contribution in [-0.2, 0) is 6.54 Å². The molecule has 56 valence electrons. The fraction of sp³-hybridized carbons (Fsp3) is 0.333. The minimum atomic E-state index is 0.241. The van der Waals surface area contributed by atoms with E-state index in [1.807, 2.05) is 0 Å². The lowest BCUT2D eigenvalue weighted by atomic mass is 10.6. The van der Waals surface area contributed by atoms with Gasteiger partial charge in [-0.05, 0) is 0 Å². The number of nitrogens with zero attached hydrogens (tertiary/aromatic N) is 3. The second-order valence-electron chi connectivity index (χ2n) is 1.66. The molecule has 1 aromatic rings. The number of hydrogen-bond acceptors (Lipinski definition) is 6. The highest BCUT2D eigenvalue weighted by atomic mass is 15.5. The molecule has 0 amide bonds. The molecule has 1 rings (SSSR count). The lowest BCUT2D eigenvalue weighted by Crippen LogP contribution is -2.21. The number of nitrogens with two attached hydrogens (primary N) is 3. The molecular weight excluding hydrogens is 134 g/mol. The van der Waals surface area contributed by atoms with Gasteiger partial charge in [-0.25, -0.2) is 10.5 Å². The summed E-state index contributed by atoms with van der Waals surface area (Å²) < 4.78 is 1.19. The Morgan fingerprint density at radius 2 is 2.20 bits per heavy atom. The van der Waals surface area contributed by atoms with Crippen LogP contribution in [0.15, 0.2) is 0 Å². The average molecular weight is 143 g/mol. The van der Waals surface area contributed by atoms with E-state index < -0.39 is 0 Å². The van der Waals surface area contributed by atoms with Crippen molar-refractivity contribution >= 4 is 5.95 Å². The quantitative estimate of drug-likeness (QED) is 0.274. The van der Waals surface area contributed by atoms with Crippen LogP contribution in [0.4, 0.5) is 5.95 Å². The van der Waals surface area contributed by atoms with E-state index in [1.54, 1.807) is 0 Å². The molecular formula is C3H9N7. The third-order valence-electron chi connectivity index (χ3n) is 1.08. The normalized spacial score (nSPS) is 9.80. The van der Waals surface area contributed by atoms with Gasteiger partial charge in [0.2, 0.25) is 0 Å². The molecule has 0 aliphatic carbocycles. The van der Waals surface area contributed by atoms with Crippen LogP contribution < -0.4 is 22.8 Å². The van der Waals surface area contributed by atoms with Crippen molar-refractivity contribution in [3.05, 3.63) is 5.82 Å². The summed E-state index contributed by atoms with van der Waals surface area (Å²) in [6.07, 6.45) is 0. The summed E-state index contributed by atoms with van der Waals surface area (Å²) in [6, 6.07) is 0. The maximum absolute atomic E-state index is 5.39. The summed E-state index contributed by atoms with van der Waals surface area (Å²) in [5, 5.41) is 7.20. The number of anilines is 1. The van der Waals surface area contributed by atoms with Crippen LogP contribution in [0.5, 0.6) is 0 Å². The molecule has 0 unspecified atom stereocenters. The molecule has 1 heterocycles. The lowest BCUT2D eigenvalue weighted by molar-refractivity contribution is 0.835. The molecule has 0 spiro atoms. The first-order valence-electron chi connectivity index (χ1n) is 2.65. The van der Waals surface area contributed by atoms with Gasteiger partial charge in [0, 0.05) is 0 Å². The van der Waals surface area contributed by atoms with Gasteiger partial charge in [-0.15, -0.1) is 10.2 Å². The maximum Gasteiger partial charge on any atom is 0.257 e. The van der Waals surface area contributed by atoms with Crippen LogP contribution >= 0.6 is 0 Å². The van der Waals surface area contributed by atoms with Crippen molar-refractivity contribution in [1.82, 2.24) is 14.9 Å². The molecule has 7 heteroatoms. The fourth-order valence-corrected chi connectivity index (χ4v) is 0.561. The number of aromatic nitrogens is 3. The van der Waals surface area contributed by atoms with Crippen molar-refractivity contribution in [3.8, 4) is 0 Å². The predicted molar refractivity (Wildman–Crippen MR) is 35.9 cm³/mol. The van der Waals surface area contributed by atoms with Gasteiger partial charge < -0.3 is 11.6 Å². The summed E-state index contributed by atoms with van der Waals surface area (Å²) in [5.41, 5.74) is 7.51. The summed E-state index contributed by atoms with van der Waals surface area (Å²) in [6.45, 7) is 0.241. The smallest absolute Gasteiger partial charge is 0.257 e. The Balaban J connectivity index is 2.97. The molecule has 0 atom stereocenters. The van der Waals surface area contributed by atoms with E-state index in [-0.39, 0.29) is 6.54 Å². The van der Waals surface area contributed by atoms with E-state index in [1.165, 1.54) is 4.68 Å². The average Bonchev–Trinajstić information content (AvgIpc) is 2.30. The van der Waals surface area contributed by atoms with Gasteiger partial charge in [0.05, 0.1) is 6.54 Å². The SMILES string of the molecule is NCc1nnc(NN)n1N. The standard InChI is InChI=1S/C3H9N7/c4-1-2-8-9-3(7-5)10(2)6/h1,4-6H2,(H,7,9). The van der Waals surface area contributed by atoms with Crippen LogP contribution in [-0.4, -0.2) is 14.9 Å². The van der Waals surface area contributed by atoms with Gasteiger partial charge in [0.25, 0.3) is 5.95 Å². The molecule has 10 heavy (non-hydrogen) atoms. The Hall–Kier alpha value is -1.34. The van der Waals surface area contributed by atoms with E-state index in [0.29, 0.717) is 11.8 Å². The topological polar surface area (TPSA) is 121 Å². The molecule has 7 N–H and O–H groups in total. The molecule has 0 aliphatic rings. The minimum Gasteiger partial charge on any atom is -0.335 e. The Morgan fingerprint density at radius 1 is 1.50 bits per heavy atom. The Kier molecular flexibility index (Phi) is 1.69. The molecule has 0 radical (unpaired) electrons. The van der Waals surface area contributed by atoms with Crippen molar-refractivity contribution in [3.63, 3.8) is 0 Å². The van der Waals surface area contributed by atoms with Crippen molar-refractivity contribution in [1.29, 1.82) is 0 Å². The van der Waals surface area contributed by atoms with Crippen molar-refractivity contribution < 1.29 is 0 Å². The highest BCUT2D eigenvalue weighted by Crippen LogP contribution is 1.97. The van der Waals surface area contributed by atoms with Gasteiger partial charge >= 0.3 is 0 Å². The first-order chi connectivity index (χ1) is 4.79. The van der Waals surface area contributed by atoms with Crippen molar-refractivity contribution in [2.75, 3.05) is 11.3 Å². The van der Waals surface area contributed by atoms with Crippen LogP contribution in [0.25, 0.3) is 0 Å². The van der Waals surface area contributed by atoms with Crippen LogP contribution in [0.3, 0.4) is 0 Å². The second kappa shape index (κ2) is 2.50. The van der Waals surface area contributed by atoms with E-state index in [0.717, 1.165) is 0 Å². The third kappa shape index (κ3) is 0.870. The van der Waals surface area contributed by atoms with Crippen LogP contribution in [0, 0.1) is 0 Å². The molecule has 7 nitrogen and oxygen atoms in total. The highest BCUT2D eigenvalue weighted by Gasteiger charge is 2.04. The molecule has 0 aliphatic heterocycles. The minimum absolute atomic E-state index is 0.241. The van der Waals surface area contributed by atoms with E-state index in [9.17, 15) is 0 Å². The van der Waals surface area contributed by atoms with Gasteiger partial charge in [0.15, 0.2) is 5.82 Å². The number of hydrazine groups is 1. The first-order valence-corrected chi connectivity index (χ1v) is 2.65. The molecule has 0 aromatic carbocycles. The second-order valence-corrected chi connectivity index (χ2v) is 1.66. The highest BCUT2D eigenvalue weighted by molar-refractivity contribution is 5.22. The van der Waals surface area contributed by atoms with Gasteiger partial charge in [-0.2, -0.15) is 0 Å². The first kappa shape index (κ1) is 6.78. The molecule has 0 saturated heterocycles. The maximum atomic E-state index is 5.39. The van der Waals surface area contributed by atoms with Crippen LogP contribution in [0.1, 0.15) is 5.82 Å². The number of hydrogen-bond donors (Lipinski definition) is 4. The van der Waals surface area contributed by atoms with E-state index >= 15 is 0 Å². The van der Waals surface area contributed by atoms with Gasteiger partial charge in [-0.3, -0.25) is 5.43 Å². The van der Waals surface area contributed by atoms with Crippen molar-refractivity contribution in [2.24, 2.45) is 11.6 Å². The van der Waals surface area contributed by atoms with Crippen LogP contribution in [0.2, 0.25) is 0 Å². The zero-order valence-electron chi connectivity index (χ0n) is 5.28. The number of nitrogen functional groups attached to an aromatic ring is 2. The molecule has 0 saturated carbocycles. The van der Waals surface area contributed by atoms with Gasteiger partial charge in [-0.1, -0.05) is 0 Å². The molecule has 0 bridgehead atoms. The predicted octanol–water partition coefficient (Wildman–Crippen LogP) is -2.26. The number of rotatable bonds is 2. The number of nitrogens with one attached hydrogen (secondary N) is 1. The fourth-order valence-electron chi connectivity index (χ4n) is 0.561. The largest absolute Gasteiger partial charge is 0.335 e. The summed E-state index contributed by atoms with van der Waals surface area (Å²) in [4.78, 5) is 0. The van der Waals surface area contributed by atoms with Gasteiger partial charge in [0.1, 0.15) is 0 Å². The Morgan fingerprint density at radius 3 is 2.50 bits per heavy atom. The molecule has 1 aromatic heterocycles. The molecule has 0 fully saturated rings. The Labute approximate surface area is 57.1 Å². The van der Waals surface area contributed by atoms with E-state index in [4.69, 9.17) is 17.4 Å². The lowest BCUT2D eigenvalue weighted by Gasteiger charge is -1.98. The summed E-state index contributed by atoms with van der Waals surface area (Å²) in [5.74, 6) is 11.2. The Bertz CT molecular complexity index is 193. The third-order valence-corrected chi connectivity index (χ3v) is 1.08. The van der Waals surface area contributed by atoms with E-state index in [2.05, 4.69) is 15.6 Å². The summed E-state index contributed by atoms with van der Waals surface area (Å²) in [7, 11) is 0. The summed E-state index contributed by atoms with van der Waals surface area (Å²) >= 11 is 0. The monoisotopic (exact) mass is 143 g/mol. The zero-order chi connectivity index (χ0) is 7.56. The zero-order valence-corrected chi connectivity index (χ0v) is 5.28.